The van der Waals surface area contributed by atoms with Gasteiger partial charge in [0.15, 0.2) is 0 Å². The van der Waals surface area contributed by atoms with Crippen LogP contribution in [-0.2, 0) is 11.3 Å². The summed E-state index contributed by atoms with van der Waals surface area (Å²) >= 11 is 7.63. The molecular weight excluding hydrogens is 310 g/mol. The first-order chi connectivity index (χ1) is 10.1. The number of rotatable bonds is 10. The number of aliphatic hydroxyl groups excluding tert-OH is 2. The van der Waals surface area contributed by atoms with Crippen LogP contribution in [0.2, 0.25) is 5.02 Å². The number of halogens is 1. The predicted octanol–water partition coefficient (Wildman–Crippen LogP) is 1.92. The molecule has 21 heavy (non-hydrogen) atoms. The summed E-state index contributed by atoms with van der Waals surface area (Å²) in [6.45, 7) is 3.17. The topological polar surface area (TPSA) is 61.7 Å². The Morgan fingerprint density at radius 1 is 1.38 bits per heavy atom. The predicted molar refractivity (Wildman–Crippen MR) is 89.0 cm³/mol. The van der Waals surface area contributed by atoms with Gasteiger partial charge in [0, 0.05) is 22.9 Å². The molecule has 0 heterocycles. The molecule has 0 aliphatic carbocycles. The third-order valence-corrected chi connectivity index (χ3v) is 4.77. The molecule has 0 aliphatic heterocycles. The zero-order valence-electron chi connectivity index (χ0n) is 12.5. The number of hydrogen-bond acceptors (Lipinski definition) is 5. The van der Waals surface area contributed by atoms with E-state index in [1.165, 1.54) is 0 Å². The Morgan fingerprint density at radius 3 is 2.71 bits per heavy atom. The van der Waals surface area contributed by atoms with E-state index in [2.05, 4.69) is 5.32 Å². The molecule has 3 unspecified atom stereocenters. The van der Waals surface area contributed by atoms with Crippen molar-refractivity contribution in [2.45, 2.75) is 30.9 Å². The van der Waals surface area contributed by atoms with E-state index >= 15 is 0 Å². The quantitative estimate of drug-likeness (QED) is 0.610. The van der Waals surface area contributed by atoms with Gasteiger partial charge in [0.25, 0.3) is 0 Å². The van der Waals surface area contributed by atoms with Gasteiger partial charge in [-0.3, -0.25) is 0 Å². The van der Waals surface area contributed by atoms with Crippen LogP contribution in [0.4, 0.5) is 0 Å². The van der Waals surface area contributed by atoms with Gasteiger partial charge < -0.3 is 20.3 Å². The van der Waals surface area contributed by atoms with E-state index in [4.69, 9.17) is 16.3 Å². The molecule has 0 saturated heterocycles. The summed E-state index contributed by atoms with van der Waals surface area (Å²) in [5.41, 5.74) is 0.912. The highest BCUT2D eigenvalue weighted by Gasteiger charge is 2.16. The zero-order chi connectivity index (χ0) is 15.7. The van der Waals surface area contributed by atoms with Crippen LogP contribution in [0.25, 0.3) is 0 Å². The van der Waals surface area contributed by atoms with Crippen LogP contribution in [0.5, 0.6) is 0 Å². The van der Waals surface area contributed by atoms with Gasteiger partial charge in [0.05, 0.1) is 25.9 Å². The minimum atomic E-state index is -0.587. The van der Waals surface area contributed by atoms with Gasteiger partial charge in [0.2, 0.25) is 0 Å². The smallest absolute Gasteiger partial charge is 0.0897 e. The van der Waals surface area contributed by atoms with Gasteiger partial charge >= 0.3 is 0 Å². The van der Waals surface area contributed by atoms with Crippen molar-refractivity contribution < 1.29 is 14.9 Å². The highest BCUT2D eigenvalue weighted by molar-refractivity contribution is 7.99. The molecule has 120 valence electrons. The molecule has 0 aliphatic rings. The summed E-state index contributed by atoms with van der Waals surface area (Å²) in [7, 11) is 0. The van der Waals surface area contributed by atoms with Crippen molar-refractivity contribution in [2.75, 3.05) is 26.0 Å². The average Bonchev–Trinajstić information content (AvgIpc) is 2.48. The van der Waals surface area contributed by atoms with Gasteiger partial charge in [-0.15, -0.1) is 0 Å². The summed E-state index contributed by atoms with van der Waals surface area (Å²) in [5, 5.41) is 23.1. The fourth-order valence-electron chi connectivity index (χ4n) is 1.87. The van der Waals surface area contributed by atoms with Gasteiger partial charge in [-0.2, -0.15) is 11.8 Å². The summed E-state index contributed by atoms with van der Waals surface area (Å²) in [5.74, 6) is 0. The Hall–Kier alpha value is -0.300. The summed E-state index contributed by atoms with van der Waals surface area (Å²) in [4.78, 5) is 0. The van der Waals surface area contributed by atoms with Crippen molar-refractivity contribution >= 4 is 23.4 Å². The summed E-state index contributed by atoms with van der Waals surface area (Å²) < 4.78 is 5.48. The van der Waals surface area contributed by atoms with Gasteiger partial charge in [-0.25, -0.2) is 0 Å². The maximum Gasteiger partial charge on any atom is 0.0897 e. The van der Waals surface area contributed by atoms with Crippen LogP contribution < -0.4 is 5.32 Å². The normalized spacial score (nSPS) is 15.7. The van der Waals surface area contributed by atoms with E-state index in [1.54, 1.807) is 11.8 Å². The minimum absolute atomic E-state index is 0.119. The van der Waals surface area contributed by atoms with E-state index in [0.29, 0.717) is 18.2 Å². The third kappa shape index (κ3) is 7.00. The maximum absolute atomic E-state index is 9.88. The third-order valence-electron chi connectivity index (χ3n) is 3.24. The molecule has 3 N–H and O–H groups in total. The molecule has 0 fully saturated rings. The average molecular weight is 334 g/mol. The Kier molecular flexibility index (Phi) is 9.31. The number of aliphatic hydroxyl groups is 2. The molecule has 0 saturated carbocycles. The van der Waals surface area contributed by atoms with Crippen molar-refractivity contribution in [1.82, 2.24) is 5.32 Å². The standard InChI is InChI=1S/C15H24ClNO3S/c1-11(15(8-18)21-2)17-7-13(19)10-20-9-12-5-3-4-6-14(12)16/h3-6,11,13,15,17-19H,7-10H2,1-2H3. The van der Waals surface area contributed by atoms with Crippen molar-refractivity contribution in [2.24, 2.45) is 0 Å². The van der Waals surface area contributed by atoms with Gasteiger partial charge in [-0.1, -0.05) is 29.8 Å². The first-order valence-corrected chi connectivity index (χ1v) is 8.61. The van der Waals surface area contributed by atoms with E-state index in [1.807, 2.05) is 37.4 Å². The first kappa shape index (κ1) is 18.7. The van der Waals surface area contributed by atoms with Gasteiger partial charge in [-0.05, 0) is 24.8 Å². The van der Waals surface area contributed by atoms with E-state index in [9.17, 15) is 10.2 Å². The monoisotopic (exact) mass is 333 g/mol. The van der Waals surface area contributed by atoms with Crippen LogP contribution >= 0.6 is 23.4 Å². The van der Waals surface area contributed by atoms with Crippen molar-refractivity contribution in [3.63, 3.8) is 0 Å². The second kappa shape index (κ2) is 10.4. The van der Waals surface area contributed by atoms with Crippen LogP contribution in [0, 0.1) is 0 Å². The first-order valence-electron chi connectivity index (χ1n) is 6.94. The molecule has 1 aromatic carbocycles. The lowest BCUT2D eigenvalue weighted by Crippen LogP contribution is -2.42. The van der Waals surface area contributed by atoms with Crippen LogP contribution in [-0.4, -0.2) is 53.6 Å². The lowest BCUT2D eigenvalue weighted by Gasteiger charge is -2.23. The van der Waals surface area contributed by atoms with Crippen molar-refractivity contribution in [3.8, 4) is 0 Å². The lowest BCUT2D eigenvalue weighted by atomic mass is 10.2. The number of benzene rings is 1. The molecule has 1 aromatic rings. The largest absolute Gasteiger partial charge is 0.395 e. The van der Waals surface area contributed by atoms with E-state index < -0.39 is 6.10 Å². The Balaban J connectivity index is 2.22. The Morgan fingerprint density at radius 2 is 2.10 bits per heavy atom. The minimum Gasteiger partial charge on any atom is -0.395 e. The highest BCUT2D eigenvalue weighted by atomic mass is 35.5. The Labute approximate surface area is 135 Å². The number of ether oxygens (including phenoxy) is 1. The van der Waals surface area contributed by atoms with Crippen LogP contribution in [0.3, 0.4) is 0 Å². The molecule has 0 radical (unpaired) electrons. The highest BCUT2D eigenvalue weighted by Crippen LogP contribution is 2.15. The second-order valence-electron chi connectivity index (χ2n) is 4.91. The summed E-state index contributed by atoms with van der Waals surface area (Å²) in [6.07, 6.45) is 1.37. The Bertz CT molecular complexity index is 404. The van der Waals surface area contributed by atoms with E-state index in [-0.39, 0.29) is 24.5 Å². The fourth-order valence-corrected chi connectivity index (χ4v) is 2.71. The van der Waals surface area contributed by atoms with E-state index in [0.717, 1.165) is 5.56 Å². The molecular formula is C15H24ClNO3S. The molecule has 4 nitrogen and oxygen atoms in total. The molecule has 0 amide bonds. The zero-order valence-corrected chi connectivity index (χ0v) is 14.0. The number of hydrogen-bond donors (Lipinski definition) is 3. The van der Waals surface area contributed by atoms with Gasteiger partial charge in [0.1, 0.15) is 0 Å². The molecule has 0 aromatic heterocycles. The molecule has 1 rings (SSSR count). The lowest BCUT2D eigenvalue weighted by molar-refractivity contribution is 0.0276. The second-order valence-corrected chi connectivity index (χ2v) is 6.40. The molecule has 0 bridgehead atoms. The van der Waals surface area contributed by atoms with Crippen LogP contribution in [0.15, 0.2) is 24.3 Å². The molecule has 3 atom stereocenters. The summed E-state index contributed by atoms with van der Waals surface area (Å²) in [6, 6.07) is 7.62. The molecule has 0 spiro atoms. The maximum atomic E-state index is 9.88. The van der Waals surface area contributed by atoms with Crippen LogP contribution in [0.1, 0.15) is 12.5 Å². The van der Waals surface area contributed by atoms with Crippen molar-refractivity contribution in [3.05, 3.63) is 34.9 Å². The molecule has 6 heteroatoms. The van der Waals surface area contributed by atoms with Crippen molar-refractivity contribution in [1.29, 1.82) is 0 Å². The number of nitrogens with one attached hydrogen (secondary N) is 1. The fraction of sp³-hybridized carbons (Fsp3) is 0.600. The number of thioether (sulfide) groups is 1. The SMILES string of the molecule is CSC(CO)C(C)NCC(O)COCc1ccccc1Cl.